The van der Waals surface area contributed by atoms with Crippen LogP contribution in [-0.2, 0) is 19.1 Å². The van der Waals surface area contributed by atoms with Crippen LogP contribution in [0.5, 0.6) is 0 Å². The molecule has 0 aromatic carbocycles. The lowest BCUT2D eigenvalue weighted by atomic mass is 10.1. The van der Waals surface area contributed by atoms with E-state index in [-0.39, 0.29) is 24.1 Å². The third-order valence-corrected chi connectivity index (χ3v) is 3.18. The molecular weight excluding hydrogens is 256 g/mol. The first-order chi connectivity index (χ1) is 9.47. The topological polar surface area (TPSA) is 52.6 Å². The van der Waals surface area contributed by atoms with Crippen LogP contribution in [0, 0.1) is 0 Å². The smallest absolute Gasteiger partial charge is 0.334 e. The van der Waals surface area contributed by atoms with Crippen molar-refractivity contribution in [2.75, 3.05) is 0 Å². The Morgan fingerprint density at radius 1 is 1.05 bits per heavy atom. The van der Waals surface area contributed by atoms with E-state index in [0.717, 1.165) is 36.8 Å². The molecule has 0 aliphatic carbocycles. The zero-order chi connectivity index (χ0) is 15.1. The zero-order valence-electron chi connectivity index (χ0n) is 12.8. The van der Waals surface area contributed by atoms with Gasteiger partial charge in [-0.3, -0.25) is 0 Å². The Morgan fingerprint density at radius 3 is 1.85 bits per heavy atom. The van der Waals surface area contributed by atoms with Crippen molar-refractivity contribution in [3.05, 3.63) is 23.3 Å². The predicted octanol–water partition coefficient (Wildman–Crippen LogP) is 3.32. The van der Waals surface area contributed by atoms with E-state index in [9.17, 15) is 9.59 Å². The van der Waals surface area contributed by atoms with Crippen molar-refractivity contribution in [3.8, 4) is 0 Å². The van der Waals surface area contributed by atoms with Crippen molar-refractivity contribution in [1.82, 2.24) is 0 Å². The highest BCUT2D eigenvalue weighted by Gasteiger charge is 2.24. The maximum atomic E-state index is 11.0. The molecule has 2 unspecified atom stereocenters. The molecule has 0 saturated carbocycles. The summed E-state index contributed by atoms with van der Waals surface area (Å²) in [5, 5.41) is 0. The van der Waals surface area contributed by atoms with Crippen molar-refractivity contribution in [2.45, 2.75) is 65.6 Å². The third kappa shape index (κ3) is 4.83. The summed E-state index contributed by atoms with van der Waals surface area (Å²) in [6.45, 7) is 7.77. The number of hydrogen-bond donors (Lipinski definition) is 0. The average Bonchev–Trinajstić information content (AvgIpc) is 2.89. The zero-order valence-corrected chi connectivity index (χ0v) is 12.8. The Balaban J connectivity index is 0.000000204. The SMILES string of the molecule is CC=C1CC(C)OC1=O.CCCC=C1CC(C)OC1=O. The van der Waals surface area contributed by atoms with Gasteiger partial charge in [-0.2, -0.15) is 0 Å². The van der Waals surface area contributed by atoms with Gasteiger partial charge in [0.25, 0.3) is 0 Å². The highest BCUT2D eigenvalue weighted by Crippen LogP contribution is 2.20. The van der Waals surface area contributed by atoms with Crippen molar-refractivity contribution in [3.63, 3.8) is 0 Å². The number of hydrogen-bond acceptors (Lipinski definition) is 4. The molecule has 0 aromatic heterocycles. The maximum Gasteiger partial charge on any atom is 0.334 e. The first-order valence-corrected chi connectivity index (χ1v) is 7.24. The minimum Gasteiger partial charge on any atom is -0.459 e. The predicted molar refractivity (Wildman–Crippen MR) is 77.1 cm³/mol. The molecule has 112 valence electrons. The van der Waals surface area contributed by atoms with Crippen molar-refractivity contribution < 1.29 is 19.1 Å². The molecule has 0 radical (unpaired) electrons. The number of rotatable bonds is 2. The molecule has 0 N–H and O–H groups in total. The van der Waals surface area contributed by atoms with E-state index in [2.05, 4.69) is 6.92 Å². The van der Waals surface area contributed by atoms with E-state index in [4.69, 9.17) is 9.47 Å². The van der Waals surface area contributed by atoms with Crippen molar-refractivity contribution >= 4 is 11.9 Å². The first-order valence-electron chi connectivity index (χ1n) is 7.24. The normalized spacial score (nSPS) is 29.2. The van der Waals surface area contributed by atoms with E-state index in [0.29, 0.717) is 0 Å². The van der Waals surface area contributed by atoms with Crippen molar-refractivity contribution in [1.29, 1.82) is 0 Å². The Bertz CT molecular complexity index is 420. The summed E-state index contributed by atoms with van der Waals surface area (Å²) >= 11 is 0. The third-order valence-electron chi connectivity index (χ3n) is 3.18. The number of unbranched alkanes of at least 4 members (excludes halogenated alkanes) is 1. The van der Waals surface area contributed by atoms with E-state index < -0.39 is 0 Å². The lowest BCUT2D eigenvalue weighted by Crippen LogP contribution is -1.99. The molecule has 20 heavy (non-hydrogen) atoms. The van der Waals surface area contributed by atoms with Gasteiger partial charge in [0.15, 0.2) is 0 Å². The van der Waals surface area contributed by atoms with E-state index in [1.54, 1.807) is 0 Å². The number of ether oxygens (including phenoxy) is 2. The van der Waals surface area contributed by atoms with Crippen LogP contribution in [-0.4, -0.2) is 24.1 Å². The minimum absolute atomic E-state index is 0.0868. The van der Waals surface area contributed by atoms with E-state index >= 15 is 0 Å². The fourth-order valence-corrected chi connectivity index (χ4v) is 2.11. The van der Waals surface area contributed by atoms with E-state index in [1.165, 1.54) is 0 Å². The summed E-state index contributed by atoms with van der Waals surface area (Å²) in [7, 11) is 0. The van der Waals surface area contributed by atoms with Crippen LogP contribution >= 0.6 is 0 Å². The van der Waals surface area contributed by atoms with Crippen LogP contribution in [0.25, 0.3) is 0 Å². The quantitative estimate of drug-likeness (QED) is 0.575. The second-order valence-electron chi connectivity index (χ2n) is 5.17. The molecule has 2 atom stereocenters. The number of cyclic esters (lactones) is 2. The van der Waals surface area contributed by atoms with E-state index in [1.807, 2.05) is 32.9 Å². The average molecular weight is 280 g/mol. The van der Waals surface area contributed by atoms with Gasteiger partial charge in [-0.25, -0.2) is 9.59 Å². The van der Waals surface area contributed by atoms with Gasteiger partial charge in [-0.05, 0) is 27.2 Å². The molecule has 2 aliphatic rings. The standard InChI is InChI=1S/C9H14O2.C7H10O2/c1-3-4-5-8-6-7(2)11-9(8)10;1-3-6-4-5(2)9-7(6)8/h5,7H,3-4,6H2,1-2H3;3,5H,4H2,1-2H3. The molecule has 0 amide bonds. The molecule has 2 aliphatic heterocycles. The number of esters is 2. The highest BCUT2D eigenvalue weighted by atomic mass is 16.6. The number of carbonyl (C=O) groups is 2. The molecule has 2 rings (SSSR count). The lowest BCUT2D eigenvalue weighted by Gasteiger charge is -1.94. The van der Waals surface area contributed by atoms with Crippen LogP contribution in [0.2, 0.25) is 0 Å². The fourth-order valence-electron chi connectivity index (χ4n) is 2.11. The molecule has 0 spiro atoms. The maximum absolute atomic E-state index is 11.0. The summed E-state index contributed by atoms with van der Waals surface area (Å²) in [4.78, 5) is 21.7. The molecule has 2 saturated heterocycles. The van der Waals surface area contributed by atoms with Crippen LogP contribution < -0.4 is 0 Å². The molecule has 2 fully saturated rings. The Morgan fingerprint density at radius 2 is 1.55 bits per heavy atom. The minimum atomic E-state index is -0.148. The van der Waals surface area contributed by atoms with Gasteiger partial charge >= 0.3 is 11.9 Å². The van der Waals surface area contributed by atoms with Gasteiger partial charge in [0.05, 0.1) is 0 Å². The highest BCUT2D eigenvalue weighted by molar-refractivity contribution is 5.90. The van der Waals surface area contributed by atoms with Gasteiger partial charge in [0.1, 0.15) is 12.2 Å². The summed E-state index contributed by atoms with van der Waals surface area (Å²) in [5.41, 5.74) is 1.67. The largest absolute Gasteiger partial charge is 0.459 e. The van der Waals surface area contributed by atoms with Crippen LogP contribution in [0.15, 0.2) is 23.3 Å². The molecule has 0 bridgehead atoms. The van der Waals surface area contributed by atoms with Crippen LogP contribution in [0.3, 0.4) is 0 Å². The molecule has 0 aromatic rings. The monoisotopic (exact) mass is 280 g/mol. The number of carbonyl (C=O) groups excluding carboxylic acids is 2. The summed E-state index contributed by atoms with van der Waals surface area (Å²) < 4.78 is 9.82. The second-order valence-corrected chi connectivity index (χ2v) is 5.17. The molecule has 4 heteroatoms. The van der Waals surface area contributed by atoms with Gasteiger partial charge in [-0.15, -0.1) is 0 Å². The lowest BCUT2D eigenvalue weighted by molar-refractivity contribution is -0.139. The number of allylic oxidation sites excluding steroid dienone is 2. The summed E-state index contributed by atoms with van der Waals surface area (Å²) in [6, 6.07) is 0. The van der Waals surface area contributed by atoms with Gasteiger partial charge in [-0.1, -0.05) is 25.5 Å². The van der Waals surface area contributed by atoms with Gasteiger partial charge < -0.3 is 9.47 Å². The fraction of sp³-hybridized carbons (Fsp3) is 0.625. The van der Waals surface area contributed by atoms with Gasteiger partial charge in [0.2, 0.25) is 0 Å². The Labute approximate surface area is 120 Å². The first kappa shape index (κ1) is 16.5. The second kappa shape index (κ2) is 7.88. The van der Waals surface area contributed by atoms with Crippen LogP contribution in [0.4, 0.5) is 0 Å². The molecular formula is C16H24O4. The Hall–Kier alpha value is -1.58. The molecule has 2 heterocycles. The summed E-state index contributed by atoms with van der Waals surface area (Å²) in [6.07, 6.45) is 7.61. The molecule has 4 nitrogen and oxygen atoms in total. The summed E-state index contributed by atoms with van der Waals surface area (Å²) in [5.74, 6) is -0.268. The van der Waals surface area contributed by atoms with Gasteiger partial charge in [0, 0.05) is 24.0 Å². The van der Waals surface area contributed by atoms with Crippen molar-refractivity contribution in [2.24, 2.45) is 0 Å². The van der Waals surface area contributed by atoms with Crippen LogP contribution in [0.1, 0.15) is 53.4 Å². The Kier molecular flexibility index (Phi) is 6.49.